The predicted octanol–water partition coefficient (Wildman–Crippen LogP) is 2.80. The molecule has 1 aromatic rings. The van der Waals surface area contributed by atoms with Crippen LogP contribution in [0.3, 0.4) is 0 Å². The zero-order valence-electron chi connectivity index (χ0n) is 15.8. The first-order chi connectivity index (χ1) is 12.8. The third-order valence-corrected chi connectivity index (χ3v) is 4.68. The van der Waals surface area contributed by atoms with Crippen LogP contribution in [0.4, 0.5) is 19.3 Å². The molecule has 2 fully saturated rings. The summed E-state index contributed by atoms with van der Waals surface area (Å²) in [7, 11) is 0. The van der Waals surface area contributed by atoms with Crippen molar-refractivity contribution >= 4 is 11.7 Å². The van der Waals surface area contributed by atoms with Crippen molar-refractivity contribution in [2.75, 3.05) is 44.7 Å². The van der Waals surface area contributed by atoms with Crippen molar-refractivity contribution in [2.24, 2.45) is 0 Å². The van der Waals surface area contributed by atoms with E-state index in [-0.39, 0.29) is 25.4 Å². The number of carbonyl (C=O) groups excluding carboxylic acids is 1. The first-order valence-corrected chi connectivity index (χ1v) is 9.29. The van der Waals surface area contributed by atoms with E-state index in [1.807, 2.05) is 32.0 Å². The number of urea groups is 1. The van der Waals surface area contributed by atoms with Crippen molar-refractivity contribution in [1.82, 2.24) is 9.80 Å². The largest absolute Gasteiger partial charge is 0.373 e. The average Bonchev–Trinajstić information content (AvgIpc) is 2.76. The van der Waals surface area contributed by atoms with Crippen LogP contribution in [-0.2, 0) is 16.0 Å². The van der Waals surface area contributed by atoms with E-state index < -0.39 is 25.1 Å². The van der Waals surface area contributed by atoms with E-state index in [9.17, 15) is 13.6 Å². The molecule has 6 nitrogen and oxygen atoms in total. The molecule has 1 aromatic carbocycles. The molecule has 0 radical (unpaired) electrons. The molecule has 2 aliphatic rings. The molecule has 3 rings (SSSR count). The van der Waals surface area contributed by atoms with E-state index in [0.717, 1.165) is 23.6 Å². The van der Waals surface area contributed by atoms with E-state index in [4.69, 9.17) is 9.47 Å². The summed E-state index contributed by atoms with van der Waals surface area (Å²) >= 11 is 0. The summed E-state index contributed by atoms with van der Waals surface area (Å²) in [4.78, 5) is 15.9. The van der Waals surface area contributed by atoms with Crippen molar-refractivity contribution in [3.05, 3.63) is 29.8 Å². The van der Waals surface area contributed by atoms with Gasteiger partial charge in [-0.3, -0.25) is 4.90 Å². The minimum atomic E-state index is -3.03. The Morgan fingerprint density at radius 1 is 1.26 bits per heavy atom. The number of hydrogen-bond donors (Lipinski definition) is 1. The molecule has 2 aliphatic heterocycles. The second-order valence-electron chi connectivity index (χ2n) is 7.37. The van der Waals surface area contributed by atoms with Gasteiger partial charge in [0.05, 0.1) is 25.4 Å². The van der Waals surface area contributed by atoms with Crippen LogP contribution >= 0.6 is 0 Å². The number of alkyl halides is 2. The number of ether oxygens (including phenoxy) is 2. The summed E-state index contributed by atoms with van der Waals surface area (Å²) in [5.74, 6) is -3.03. The molecule has 27 heavy (non-hydrogen) atoms. The minimum Gasteiger partial charge on any atom is -0.373 e. The normalized spacial score (nSPS) is 26.4. The first kappa shape index (κ1) is 20.0. The molecule has 2 atom stereocenters. The van der Waals surface area contributed by atoms with E-state index in [0.29, 0.717) is 12.2 Å². The van der Waals surface area contributed by atoms with E-state index in [1.54, 1.807) is 6.07 Å². The maximum Gasteiger partial charge on any atom is 0.322 e. The molecule has 2 saturated heterocycles. The Hall–Kier alpha value is -1.77. The van der Waals surface area contributed by atoms with Crippen LogP contribution in [-0.4, -0.2) is 73.4 Å². The number of para-hydroxylation sites is 1. The molecule has 8 heteroatoms. The topological polar surface area (TPSA) is 54.0 Å². The van der Waals surface area contributed by atoms with E-state index in [1.165, 1.54) is 0 Å². The molecular formula is C19H27F2N3O3. The lowest BCUT2D eigenvalue weighted by Crippen LogP contribution is -2.45. The first-order valence-electron chi connectivity index (χ1n) is 9.29. The fourth-order valence-corrected chi connectivity index (χ4v) is 3.60. The molecular weight excluding hydrogens is 356 g/mol. The Morgan fingerprint density at radius 2 is 1.96 bits per heavy atom. The highest BCUT2D eigenvalue weighted by atomic mass is 19.3. The highest BCUT2D eigenvalue weighted by Gasteiger charge is 2.36. The Morgan fingerprint density at radius 3 is 2.70 bits per heavy atom. The third-order valence-electron chi connectivity index (χ3n) is 4.68. The lowest BCUT2D eigenvalue weighted by atomic mass is 10.1. The maximum atomic E-state index is 13.7. The van der Waals surface area contributed by atoms with Crippen LogP contribution < -0.4 is 5.32 Å². The van der Waals surface area contributed by atoms with Gasteiger partial charge in [-0.1, -0.05) is 18.2 Å². The maximum absolute atomic E-state index is 13.7. The van der Waals surface area contributed by atoms with Crippen molar-refractivity contribution in [2.45, 2.75) is 38.5 Å². The van der Waals surface area contributed by atoms with Gasteiger partial charge in [-0.25, -0.2) is 13.6 Å². The van der Waals surface area contributed by atoms with Crippen molar-refractivity contribution < 1.29 is 23.0 Å². The number of benzene rings is 1. The van der Waals surface area contributed by atoms with Gasteiger partial charge in [0.25, 0.3) is 5.92 Å². The minimum absolute atomic E-state index is 0.105. The highest BCUT2D eigenvalue weighted by molar-refractivity contribution is 5.90. The smallest absolute Gasteiger partial charge is 0.322 e. The van der Waals surface area contributed by atoms with Gasteiger partial charge < -0.3 is 19.7 Å². The van der Waals surface area contributed by atoms with Crippen molar-refractivity contribution in [3.63, 3.8) is 0 Å². The second kappa shape index (κ2) is 8.50. The zero-order chi connectivity index (χ0) is 19.4. The quantitative estimate of drug-likeness (QED) is 0.872. The molecule has 0 saturated carbocycles. The van der Waals surface area contributed by atoms with Crippen molar-refractivity contribution in [1.29, 1.82) is 0 Å². The Balaban J connectivity index is 1.67. The van der Waals surface area contributed by atoms with Crippen LogP contribution in [0, 0.1) is 0 Å². The number of morpholine rings is 1. The van der Waals surface area contributed by atoms with Crippen LogP contribution in [0.1, 0.15) is 19.4 Å². The summed E-state index contributed by atoms with van der Waals surface area (Å²) in [6.07, 6.45) is 0.296. The number of anilines is 1. The number of amides is 2. The monoisotopic (exact) mass is 383 g/mol. The molecule has 0 spiro atoms. The average molecular weight is 383 g/mol. The second-order valence-corrected chi connectivity index (χ2v) is 7.37. The molecule has 0 aromatic heterocycles. The fourth-order valence-electron chi connectivity index (χ4n) is 3.60. The summed E-state index contributed by atoms with van der Waals surface area (Å²) in [6.45, 7) is 5.31. The third kappa shape index (κ3) is 5.60. The molecule has 2 heterocycles. The molecule has 0 unspecified atom stereocenters. The fraction of sp³-hybridized carbons (Fsp3) is 0.632. The van der Waals surface area contributed by atoms with Gasteiger partial charge in [-0.15, -0.1) is 0 Å². The molecule has 0 bridgehead atoms. The van der Waals surface area contributed by atoms with E-state index >= 15 is 0 Å². The van der Waals surface area contributed by atoms with Gasteiger partial charge in [0.15, 0.2) is 0 Å². The number of halogens is 2. The zero-order valence-corrected chi connectivity index (χ0v) is 15.8. The van der Waals surface area contributed by atoms with E-state index in [2.05, 4.69) is 10.2 Å². The van der Waals surface area contributed by atoms with Gasteiger partial charge in [-0.2, -0.15) is 0 Å². The summed E-state index contributed by atoms with van der Waals surface area (Å²) in [5, 5.41) is 2.80. The van der Waals surface area contributed by atoms with Crippen LogP contribution in [0.2, 0.25) is 0 Å². The van der Waals surface area contributed by atoms with Crippen LogP contribution in [0.15, 0.2) is 24.3 Å². The molecule has 1 N–H and O–H groups in total. The Labute approximate surface area is 158 Å². The number of carbonyl (C=O) groups is 1. The number of hydrogen-bond acceptors (Lipinski definition) is 4. The number of nitrogens with zero attached hydrogens (tertiary/aromatic N) is 2. The molecule has 2 amide bonds. The highest BCUT2D eigenvalue weighted by Crippen LogP contribution is 2.22. The van der Waals surface area contributed by atoms with Gasteiger partial charge in [0, 0.05) is 31.9 Å². The van der Waals surface area contributed by atoms with Gasteiger partial charge in [-0.05, 0) is 25.5 Å². The SMILES string of the molecule is C[C@@H]1CN(Cc2ccccc2NC(=O)N2CCOCC(F)(F)C2)C[C@H](C)O1. The van der Waals surface area contributed by atoms with Gasteiger partial charge >= 0.3 is 6.03 Å². The molecule has 0 aliphatic carbocycles. The Bertz CT molecular complexity index is 649. The summed E-state index contributed by atoms with van der Waals surface area (Å²) in [6, 6.07) is 6.94. The molecule has 150 valence electrons. The van der Waals surface area contributed by atoms with Crippen LogP contribution in [0.5, 0.6) is 0 Å². The van der Waals surface area contributed by atoms with Crippen LogP contribution in [0.25, 0.3) is 0 Å². The van der Waals surface area contributed by atoms with Gasteiger partial charge in [0.1, 0.15) is 6.61 Å². The summed E-state index contributed by atoms with van der Waals surface area (Å²) in [5.41, 5.74) is 1.59. The van der Waals surface area contributed by atoms with Crippen molar-refractivity contribution in [3.8, 4) is 0 Å². The lowest BCUT2D eigenvalue weighted by molar-refractivity contribution is -0.0704. The lowest BCUT2D eigenvalue weighted by Gasteiger charge is -2.35. The Kier molecular flexibility index (Phi) is 6.29. The van der Waals surface area contributed by atoms with Gasteiger partial charge in [0.2, 0.25) is 0 Å². The standard InChI is InChI=1S/C19H27F2N3O3/c1-14-9-23(10-15(2)27-14)11-16-5-3-4-6-17(16)22-18(25)24-7-8-26-13-19(20,21)12-24/h3-6,14-15H,7-13H2,1-2H3,(H,22,25)/t14-,15+. The number of rotatable bonds is 3. The number of nitrogens with one attached hydrogen (secondary N) is 1. The predicted molar refractivity (Wildman–Crippen MR) is 98.1 cm³/mol. The summed E-state index contributed by atoms with van der Waals surface area (Å²) < 4.78 is 38.1.